The Labute approximate surface area is 209 Å². The molecule has 35 heavy (non-hydrogen) atoms. The van der Waals surface area contributed by atoms with E-state index in [1.165, 1.54) is 5.56 Å². The molecule has 4 rings (SSSR count). The highest BCUT2D eigenvalue weighted by atomic mass is 32.1. The Morgan fingerprint density at radius 2 is 1.63 bits per heavy atom. The maximum atomic E-state index is 12.6. The monoisotopic (exact) mass is 485 g/mol. The summed E-state index contributed by atoms with van der Waals surface area (Å²) in [6.07, 6.45) is 0. The molecule has 7 heteroatoms. The molecule has 0 spiro atoms. The van der Waals surface area contributed by atoms with Gasteiger partial charge in [0.1, 0.15) is 5.75 Å². The van der Waals surface area contributed by atoms with Crippen LogP contribution < -0.4 is 20.7 Å². The lowest BCUT2D eigenvalue weighted by Gasteiger charge is -2.18. The van der Waals surface area contributed by atoms with Gasteiger partial charge in [-0.05, 0) is 60.3 Å². The fourth-order valence-electron chi connectivity index (χ4n) is 3.64. The van der Waals surface area contributed by atoms with Crippen molar-refractivity contribution in [2.75, 3.05) is 24.3 Å². The van der Waals surface area contributed by atoms with Gasteiger partial charge in [-0.3, -0.25) is 14.9 Å². The minimum Gasteiger partial charge on any atom is -0.495 e. The highest BCUT2D eigenvalue weighted by molar-refractivity contribution is 7.10. The van der Waals surface area contributed by atoms with Crippen LogP contribution in [0, 0.1) is 6.92 Å². The first-order valence-electron chi connectivity index (χ1n) is 11.2. The largest absolute Gasteiger partial charge is 0.495 e. The predicted molar refractivity (Wildman–Crippen MR) is 141 cm³/mol. The van der Waals surface area contributed by atoms with Crippen LogP contribution in [-0.2, 0) is 4.79 Å². The number of hydrogen-bond acceptors (Lipinski definition) is 5. The van der Waals surface area contributed by atoms with Crippen molar-refractivity contribution in [2.24, 2.45) is 0 Å². The van der Waals surface area contributed by atoms with Gasteiger partial charge in [0.25, 0.3) is 5.91 Å². The van der Waals surface area contributed by atoms with Crippen molar-refractivity contribution in [3.63, 3.8) is 0 Å². The minimum absolute atomic E-state index is 0.0672. The topological polar surface area (TPSA) is 79.5 Å². The van der Waals surface area contributed by atoms with Crippen molar-refractivity contribution in [3.8, 4) is 5.75 Å². The number of nitrogens with one attached hydrogen (secondary N) is 3. The zero-order valence-corrected chi connectivity index (χ0v) is 20.4. The van der Waals surface area contributed by atoms with Crippen LogP contribution in [0.15, 0.2) is 90.3 Å². The number of amides is 2. The van der Waals surface area contributed by atoms with Crippen molar-refractivity contribution in [2.45, 2.75) is 13.0 Å². The smallest absolute Gasteiger partial charge is 0.255 e. The predicted octanol–water partition coefficient (Wildman–Crippen LogP) is 5.64. The molecule has 1 heterocycles. The molecule has 0 bridgehead atoms. The summed E-state index contributed by atoms with van der Waals surface area (Å²) >= 11 is 1.65. The molecular weight excluding hydrogens is 458 g/mol. The van der Waals surface area contributed by atoms with Crippen LogP contribution in [0.25, 0.3) is 0 Å². The van der Waals surface area contributed by atoms with Crippen LogP contribution >= 0.6 is 11.3 Å². The fourth-order valence-corrected chi connectivity index (χ4v) is 4.47. The Balaban J connectivity index is 1.35. The Morgan fingerprint density at radius 3 is 2.31 bits per heavy atom. The molecule has 0 aliphatic heterocycles. The van der Waals surface area contributed by atoms with E-state index < -0.39 is 0 Å². The van der Waals surface area contributed by atoms with E-state index in [-0.39, 0.29) is 24.4 Å². The number of aryl methyl sites for hydroxylation is 1. The lowest BCUT2D eigenvalue weighted by atomic mass is 10.0. The lowest BCUT2D eigenvalue weighted by molar-refractivity contribution is -0.115. The molecule has 6 nitrogen and oxygen atoms in total. The van der Waals surface area contributed by atoms with Crippen LogP contribution in [0.2, 0.25) is 0 Å². The van der Waals surface area contributed by atoms with Gasteiger partial charge >= 0.3 is 0 Å². The van der Waals surface area contributed by atoms with Gasteiger partial charge in [0, 0.05) is 16.1 Å². The summed E-state index contributed by atoms with van der Waals surface area (Å²) in [4.78, 5) is 26.4. The summed E-state index contributed by atoms with van der Waals surface area (Å²) in [7, 11) is 1.56. The number of methoxy groups -OCH3 is 1. The molecule has 0 saturated heterocycles. The summed E-state index contributed by atoms with van der Waals surface area (Å²) in [5.74, 6) is 0.166. The van der Waals surface area contributed by atoms with Gasteiger partial charge in [0.2, 0.25) is 5.91 Å². The Kier molecular flexibility index (Phi) is 7.92. The SMILES string of the molecule is COc1ccccc1NC(=O)c1ccc(NC(=O)CN[C@@H](c2ccc(C)cc2)c2cccs2)cc1. The minimum atomic E-state index is -0.258. The Morgan fingerprint density at radius 1 is 0.886 bits per heavy atom. The average Bonchev–Trinajstić information content (AvgIpc) is 3.40. The molecule has 4 aromatic rings. The van der Waals surface area contributed by atoms with E-state index in [1.54, 1.807) is 54.8 Å². The summed E-state index contributed by atoms with van der Waals surface area (Å²) < 4.78 is 5.27. The van der Waals surface area contributed by atoms with Crippen molar-refractivity contribution >= 4 is 34.5 Å². The van der Waals surface area contributed by atoms with Crippen LogP contribution in [0.1, 0.15) is 32.4 Å². The number of para-hydroxylation sites is 2. The van der Waals surface area contributed by atoms with Gasteiger partial charge in [-0.1, -0.05) is 48.0 Å². The maximum Gasteiger partial charge on any atom is 0.255 e. The van der Waals surface area contributed by atoms with E-state index in [9.17, 15) is 9.59 Å². The van der Waals surface area contributed by atoms with Crippen LogP contribution in [0.4, 0.5) is 11.4 Å². The molecule has 0 fully saturated rings. The first kappa shape index (κ1) is 24.2. The number of anilines is 2. The average molecular weight is 486 g/mol. The second-order valence-corrected chi connectivity index (χ2v) is 9.00. The molecule has 0 aliphatic rings. The summed E-state index contributed by atoms with van der Waals surface area (Å²) in [6.45, 7) is 2.20. The van der Waals surface area contributed by atoms with E-state index in [0.29, 0.717) is 22.7 Å². The van der Waals surface area contributed by atoms with E-state index in [0.717, 1.165) is 10.4 Å². The summed E-state index contributed by atoms with van der Waals surface area (Å²) in [6, 6.07) is 26.3. The highest BCUT2D eigenvalue weighted by Crippen LogP contribution is 2.26. The standard InChI is InChI=1S/C28H27N3O3S/c1-19-9-11-20(12-10-19)27(25-8-5-17-35-25)29-18-26(32)30-22-15-13-21(14-16-22)28(33)31-23-6-3-4-7-24(23)34-2/h3-17,27,29H,18H2,1-2H3,(H,30,32)(H,31,33)/t27-/m0/s1. The Hall–Kier alpha value is -3.94. The quantitative estimate of drug-likeness (QED) is 0.287. The normalized spacial score (nSPS) is 11.5. The number of hydrogen-bond donors (Lipinski definition) is 3. The van der Waals surface area contributed by atoms with Gasteiger partial charge in [-0.15, -0.1) is 11.3 Å². The van der Waals surface area contributed by atoms with Crippen LogP contribution in [-0.4, -0.2) is 25.5 Å². The van der Waals surface area contributed by atoms with Crippen molar-refractivity contribution in [1.29, 1.82) is 0 Å². The number of carbonyl (C=O) groups excluding carboxylic acids is 2. The zero-order chi connectivity index (χ0) is 24.6. The third-order valence-electron chi connectivity index (χ3n) is 5.49. The molecule has 178 valence electrons. The number of carbonyl (C=O) groups is 2. The second kappa shape index (κ2) is 11.5. The van der Waals surface area contributed by atoms with Crippen LogP contribution in [0.5, 0.6) is 5.75 Å². The number of thiophene rings is 1. The summed E-state index contributed by atoms with van der Waals surface area (Å²) in [5.41, 5.74) is 3.99. The number of rotatable bonds is 9. The van der Waals surface area contributed by atoms with Gasteiger partial charge in [0.15, 0.2) is 0 Å². The molecule has 3 N–H and O–H groups in total. The Bertz CT molecular complexity index is 1270. The van der Waals surface area contributed by atoms with Gasteiger partial charge in [-0.25, -0.2) is 0 Å². The lowest BCUT2D eigenvalue weighted by Crippen LogP contribution is -2.31. The molecular formula is C28H27N3O3S. The third-order valence-corrected chi connectivity index (χ3v) is 6.43. The van der Waals surface area contributed by atoms with Crippen LogP contribution in [0.3, 0.4) is 0 Å². The zero-order valence-electron chi connectivity index (χ0n) is 19.6. The van der Waals surface area contributed by atoms with Crippen molar-refractivity contribution in [1.82, 2.24) is 5.32 Å². The van der Waals surface area contributed by atoms with E-state index >= 15 is 0 Å². The molecule has 3 aromatic carbocycles. The molecule has 1 aromatic heterocycles. The molecule has 0 unspecified atom stereocenters. The summed E-state index contributed by atoms with van der Waals surface area (Å²) in [5, 5.41) is 11.1. The highest BCUT2D eigenvalue weighted by Gasteiger charge is 2.16. The van der Waals surface area contributed by atoms with E-state index in [2.05, 4.69) is 53.2 Å². The fraction of sp³-hybridized carbons (Fsp3) is 0.143. The van der Waals surface area contributed by atoms with Gasteiger partial charge in [-0.2, -0.15) is 0 Å². The van der Waals surface area contributed by atoms with E-state index in [4.69, 9.17) is 4.74 Å². The van der Waals surface area contributed by atoms with Gasteiger partial charge < -0.3 is 15.4 Å². The molecule has 0 saturated carbocycles. The number of ether oxygens (including phenoxy) is 1. The molecule has 1 atom stereocenters. The number of benzene rings is 3. The second-order valence-electron chi connectivity index (χ2n) is 8.02. The maximum absolute atomic E-state index is 12.6. The van der Waals surface area contributed by atoms with E-state index in [1.807, 2.05) is 23.6 Å². The van der Waals surface area contributed by atoms with Crippen molar-refractivity contribution in [3.05, 3.63) is 112 Å². The first-order chi connectivity index (χ1) is 17.0. The van der Waals surface area contributed by atoms with Gasteiger partial charge in [0.05, 0.1) is 25.4 Å². The van der Waals surface area contributed by atoms with Crippen molar-refractivity contribution < 1.29 is 14.3 Å². The molecule has 2 amide bonds. The first-order valence-corrected chi connectivity index (χ1v) is 12.1. The molecule has 0 aliphatic carbocycles. The third kappa shape index (κ3) is 6.35. The molecule has 0 radical (unpaired) electrons.